The lowest BCUT2D eigenvalue weighted by Crippen LogP contribution is -2.05. The molecule has 0 bridgehead atoms. The molecule has 104 valence electrons. The van der Waals surface area contributed by atoms with E-state index in [1.165, 1.54) is 18.2 Å². The molecular weight excluding hydrogens is 260 g/mol. The number of hydrogen-bond acceptors (Lipinski definition) is 4. The number of carboxylic acid groups (broad SMARTS) is 1. The van der Waals surface area contributed by atoms with E-state index < -0.39 is 5.97 Å². The molecule has 5 nitrogen and oxygen atoms in total. The summed E-state index contributed by atoms with van der Waals surface area (Å²) in [5, 5.41) is 18.4. The van der Waals surface area contributed by atoms with Gasteiger partial charge in [0.15, 0.2) is 0 Å². The van der Waals surface area contributed by atoms with Crippen LogP contribution in [0, 0.1) is 0 Å². The largest absolute Gasteiger partial charge is 0.508 e. The average molecular weight is 274 g/mol. The molecule has 0 aliphatic carbocycles. The number of benzene rings is 2. The van der Waals surface area contributed by atoms with Crippen LogP contribution in [0.3, 0.4) is 0 Å². The van der Waals surface area contributed by atoms with Crippen LogP contribution >= 0.6 is 0 Å². The quantitative estimate of drug-likeness (QED) is 0.876. The predicted octanol–water partition coefficient (Wildman–Crippen LogP) is 2.68. The summed E-state index contributed by atoms with van der Waals surface area (Å²) in [6.45, 7) is 0.105. The van der Waals surface area contributed by atoms with E-state index >= 15 is 0 Å². The monoisotopic (exact) mass is 274 g/mol. The first kappa shape index (κ1) is 13.7. The van der Waals surface area contributed by atoms with Gasteiger partial charge < -0.3 is 19.7 Å². The summed E-state index contributed by atoms with van der Waals surface area (Å²) in [7, 11) is 1.57. The molecule has 0 radical (unpaired) electrons. The molecule has 5 heteroatoms. The van der Waals surface area contributed by atoms with Gasteiger partial charge in [-0.3, -0.25) is 0 Å². The molecule has 0 atom stereocenters. The fraction of sp³-hybridized carbons (Fsp3) is 0.133. The van der Waals surface area contributed by atoms with E-state index in [4.69, 9.17) is 14.6 Å². The van der Waals surface area contributed by atoms with Crippen LogP contribution in [0.25, 0.3) is 0 Å². The van der Waals surface area contributed by atoms with Crippen molar-refractivity contribution in [3.05, 3.63) is 53.6 Å². The minimum Gasteiger partial charge on any atom is -0.508 e. The fourth-order valence-corrected chi connectivity index (χ4v) is 1.72. The molecule has 2 aromatic carbocycles. The number of methoxy groups -OCH3 is 1. The molecule has 2 rings (SSSR count). The molecule has 0 saturated carbocycles. The standard InChI is InChI=1S/C15H14O5/c1-19-12-4-6-13(7-5-12)20-9-10-2-3-11(16)8-14(10)15(17)18/h2-8,16H,9H2,1H3,(H,17,18). The Morgan fingerprint density at radius 1 is 1.10 bits per heavy atom. The molecule has 0 heterocycles. The Bertz CT molecular complexity index is 604. The molecule has 0 aromatic heterocycles. The third-order valence-electron chi connectivity index (χ3n) is 2.78. The SMILES string of the molecule is COc1ccc(OCc2ccc(O)cc2C(=O)O)cc1. The highest BCUT2D eigenvalue weighted by Crippen LogP contribution is 2.21. The number of phenols is 1. The van der Waals surface area contributed by atoms with E-state index in [-0.39, 0.29) is 17.9 Å². The van der Waals surface area contributed by atoms with Crippen molar-refractivity contribution in [1.82, 2.24) is 0 Å². The number of rotatable bonds is 5. The van der Waals surface area contributed by atoms with E-state index in [0.29, 0.717) is 17.1 Å². The van der Waals surface area contributed by atoms with Crippen molar-refractivity contribution in [3.8, 4) is 17.2 Å². The molecule has 0 fully saturated rings. The Kier molecular flexibility index (Phi) is 4.10. The zero-order valence-electron chi connectivity index (χ0n) is 10.9. The molecule has 2 aromatic rings. The van der Waals surface area contributed by atoms with Crippen molar-refractivity contribution in [2.24, 2.45) is 0 Å². The van der Waals surface area contributed by atoms with Crippen LogP contribution in [-0.4, -0.2) is 23.3 Å². The second-order valence-corrected chi connectivity index (χ2v) is 4.11. The molecule has 0 aliphatic rings. The first-order chi connectivity index (χ1) is 9.60. The lowest BCUT2D eigenvalue weighted by atomic mass is 10.1. The van der Waals surface area contributed by atoms with E-state index in [0.717, 1.165) is 0 Å². The zero-order chi connectivity index (χ0) is 14.5. The van der Waals surface area contributed by atoms with Gasteiger partial charge in [0.1, 0.15) is 23.9 Å². The Hall–Kier alpha value is -2.69. The van der Waals surface area contributed by atoms with Gasteiger partial charge in [-0.15, -0.1) is 0 Å². The highest BCUT2D eigenvalue weighted by atomic mass is 16.5. The maximum atomic E-state index is 11.1. The number of aromatic carboxylic acids is 1. The summed E-state index contributed by atoms with van der Waals surface area (Å²) in [5.74, 6) is 0.133. The molecular formula is C15H14O5. The van der Waals surface area contributed by atoms with Gasteiger partial charge in [-0.05, 0) is 36.4 Å². The van der Waals surface area contributed by atoms with E-state index in [1.807, 2.05) is 0 Å². The molecule has 0 aliphatic heterocycles. The second-order valence-electron chi connectivity index (χ2n) is 4.11. The maximum absolute atomic E-state index is 11.1. The van der Waals surface area contributed by atoms with Crippen LogP contribution in [0.2, 0.25) is 0 Å². The van der Waals surface area contributed by atoms with Crippen molar-refractivity contribution in [2.75, 3.05) is 7.11 Å². The van der Waals surface area contributed by atoms with Gasteiger partial charge in [0.25, 0.3) is 0 Å². The Balaban J connectivity index is 2.12. The number of carboxylic acids is 1. The summed E-state index contributed by atoms with van der Waals surface area (Å²) in [6, 6.07) is 11.1. The molecule has 2 N–H and O–H groups in total. The van der Waals surface area contributed by atoms with Crippen LogP contribution < -0.4 is 9.47 Å². The summed E-state index contributed by atoms with van der Waals surface area (Å²) < 4.78 is 10.6. The smallest absolute Gasteiger partial charge is 0.336 e. The first-order valence-corrected chi connectivity index (χ1v) is 5.92. The van der Waals surface area contributed by atoms with Gasteiger partial charge in [0.05, 0.1) is 12.7 Å². The fourth-order valence-electron chi connectivity index (χ4n) is 1.72. The van der Waals surface area contributed by atoms with Crippen LogP contribution in [0.15, 0.2) is 42.5 Å². The number of phenolic OH excluding ortho intramolecular Hbond substituents is 1. The number of ether oxygens (including phenoxy) is 2. The van der Waals surface area contributed by atoms with Gasteiger partial charge in [0.2, 0.25) is 0 Å². The second kappa shape index (κ2) is 5.97. The number of carbonyl (C=O) groups is 1. The van der Waals surface area contributed by atoms with Gasteiger partial charge in [0, 0.05) is 5.56 Å². The van der Waals surface area contributed by atoms with E-state index in [2.05, 4.69) is 0 Å². The zero-order valence-corrected chi connectivity index (χ0v) is 10.9. The van der Waals surface area contributed by atoms with E-state index in [9.17, 15) is 9.90 Å². The van der Waals surface area contributed by atoms with Crippen molar-refractivity contribution in [2.45, 2.75) is 6.61 Å². The highest BCUT2D eigenvalue weighted by Gasteiger charge is 2.11. The maximum Gasteiger partial charge on any atom is 0.336 e. The van der Waals surface area contributed by atoms with Gasteiger partial charge >= 0.3 is 5.97 Å². The van der Waals surface area contributed by atoms with Gasteiger partial charge in [-0.1, -0.05) is 6.07 Å². The van der Waals surface area contributed by atoms with Crippen LogP contribution in [0.5, 0.6) is 17.2 Å². The third kappa shape index (κ3) is 3.20. The molecule has 0 amide bonds. The average Bonchev–Trinajstić information content (AvgIpc) is 2.46. The number of aromatic hydroxyl groups is 1. The summed E-state index contributed by atoms with van der Waals surface area (Å²) in [4.78, 5) is 11.1. The molecule has 20 heavy (non-hydrogen) atoms. The van der Waals surface area contributed by atoms with E-state index in [1.54, 1.807) is 31.4 Å². The van der Waals surface area contributed by atoms with Crippen molar-refractivity contribution in [3.63, 3.8) is 0 Å². The Labute approximate surface area is 116 Å². The molecule has 0 saturated heterocycles. The third-order valence-corrected chi connectivity index (χ3v) is 2.78. The van der Waals surface area contributed by atoms with Crippen LogP contribution in [0.1, 0.15) is 15.9 Å². The topological polar surface area (TPSA) is 76.0 Å². The minimum atomic E-state index is -1.10. The van der Waals surface area contributed by atoms with Crippen molar-refractivity contribution >= 4 is 5.97 Å². The minimum absolute atomic E-state index is 0.0264. The first-order valence-electron chi connectivity index (χ1n) is 5.92. The highest BCUT2D eigenvalue weighted by molar-refractivity contribution is 5.89. The summed E-state index contributed by atoms with van der Waals surface area (Å²) in [6.07, 6.45) is 0. The summed E-state index contributed by atoms with van der Waals surface area (Å²) >= 11 is 0. The Morgan fingerprint density at radius 2 is 1.75 bits per heavy atom. The van der Waals surface area contributed by atoms with Crippen LogP contribution in [0.4, 0.5) is 0 Å². The predicted molar refractivity (Wildman–Crippen MR) is 72.4 cm³/mol. The normalized spacial score (nSPS) is 10.1. The lowest BCUT2D eigenvalue weighted by Gasteiger charge is -2.09. The van der Waals surface area contributed by atoms with Gasteiger partial charge in [-0.2, -0.15) is 0 Å². The van der Waals surface area contributed by atoms with Gasteiger partial charge in [-0.25, -0.2) is 4.79 Å². The van der Waals surface area contributed by atoms with Crippen molar-refractivity contribution < 1.29 is 24.5 Å². The van der Waals surface area contributed by atoms with Crippen LogP contribution in [-0.2, 0) is 6.61 Å². The summed E-state index contributed by atoms with van der Waals surface area (Å²) in [5.41, 5.74) is 0.518. The molecule has 0 unspecified atom stereocenters. The molecule has 0 spiro atoms. The Morgan fingerprint density at radius 3 is 2.35 bits per heavy atom. The lowest BCUT2D eigenvalue weighted by molar-refractivity contribution is 0.0693. The van der Waals surface area contributed by atoms with Crippen molar-refractivity contribution in [1.29, 1.82) is 0 Å². The number of hydrogen-bond donors (Lipinski definition) is 2.